The maximum absolute atomic E-state index is 13.5. The van der Waals surface area contributed by atoms with Crippen molar-refractivity contribution in [3.8, 4) is 6.07 Å². The average molecular weight is 285 g/mol. The van der Waals surface area contributed by atoms with Gasteiger partial charge in [0.05, 0.1) is 0 Å². The number of anilines is 1. The highest BCUT2D eigenvalue weighted by Crippen LogP contribution is 2.26. The van der Waals surface area contributed by atoms with Crippen LogP contribution < -0.4 is 10.6 Å². The summed E-state index contributed by atoms with van der Waals surface area (Å²) < 4.78 is 13.5. The Labute approximate surface area is 117 Å². The van der Waals surface area contributed by atoms with Crippen LogP contribution >= 0.6 is 0 Å². The van der Waals surface area contributed by atoms with E-state index < -0.39 is 5.82 Å². The lowest BCUT2D eigenvalue weighted by Gasteiger charge is -2.07. The number of aromatic nitrogens is 4. The molecule has 0 atom stereocenters. The van der Waals surface area contributed by atoms with Gasteiger partial charge in [0.25, 0.3) is 5.91 Å². The number of aromatic amines is 1. The fraction of sp³-hybridized carbons (Fsp3) is 0.0833. The number of hydrogen-bond acceptors (Lipinski definition) is 6. The second-order valence-corrected chi connectivity index (χ2v) is 4.21. The number of tetrazole rings is 1. The fourth-order valence-electron chi connectivity index (χ4n) is 2.00. The van der Waals surface area contributed by atoms with Gasteiger partial charge in [-0.3, -0.25) is 4.79 Å². The number of carbonyl (C=O) groups is 1. The van der Waals surface area contributed by atoms with Crippen molar-refractivity contribution >= 4 is 17.2 Å². The number of allylic oxidation sites excluding steroid dienone is 1. The molecule has 0 fully saturated rings. The van der Waals surface area contributed by atoms with Crippen LogP contribution in [-0.2, 0) is 6.54 Å². The Morgan fingerprint density at radius 2 is 2.38 bits per heavy atom. The molecule has 2 heterocycles. The molecule has 0 bridgehead atoms. The highest BCUT2D eigenvalue weighted by atomic mass is 19.1. The van der Waals surface area contributed by atoms with Crippen LogP contribution in [0.4, 0.5) is 10.1 Å². The summed E-state index contributed by atoms with van der Waals surface area (Å²) in [5.41, 5.74) is 1.45. The molecule has 8 nitrogen and oxygen atoms in total. The summed E-state index contributed by atoms with van der Waals surface area (Å²) in [6.07, 6.45) is 1.34. The molecule has 2 aromatic rings. The molecule has 21 heavy (non-hydrogen) atoms. The summed E-state index contributed by atoms with van der Waals surface area (Å²) in [7, 11) is 0. The average Bonchev–Trinajstić information content (AvgIpc) is 3.11. The van der Waals surface area contributed by atoms with Gasteiger partial charge >= 0.3 is 0 Å². The molecule has 9 heteroatoms. The van der Waals surface area contributed by atoms with Crippen LogP contribution in [-0.4, -0.2) is 26.5 Å². The molecule has 0 saturated carbocycles. The van der Waals surface area contributed by atoms with Crippen LogP contribution in [0.3, 0.4) is 0 Å². The van der Waals surface area contributed by atoms with Crippen molar-refractivity contribution in [2.75, 3.05) is 5.32 Å². The van der Waals surface area contributed by atoms with Crippen molar-refractivity contribution in [1.29, 1.82) is 5.26 Å². The van der Waals surface area contributed by atoms with Crippen LogP contribution in [0.5, 0.6) is 0 Å². The molecule has 1 aromatic heterocycles. The van der Waals surface area contributed by atoms with Crippen molar-refractivity contribution < 1.29 is 9.18 Å². The molecule has 0 saturated heterocycles. The number of H-pyrrole nitrogens is 1. The molecule has 0 unspecified atom stereocenters. The lowest BCUT2D eigenvalue weighted by atomic mass is 10.1. The molecular formula is C12H8FN7O. The minimum atomic E-state index is -0.542. The van der Waals surface area contributed by atoms with E-state index in [1.165, 1.54) is 18.3 Å². The predicted molar refractivity (Wildman–Crippen MR) is 69.0 cm³/mol. The van der Waals surface area contributed by atoms with E-state index in [2.05, 4.69) is 31.3 Å². The Morgan fingerprint density at radius 1 is 1.52 bits per heavy atom. The first-order valence-electron chi connectivity index (χ1n) is 5.90. The van der Waals surface area contributed by atoms with E-state index in [1.54, 1.807) is 0 Å². The normalized spacial score (nSPS) is 13.5. The second kappa shape index (κ2) is 5.01. The van der Waals surface area contributed by atoms with Gasteiger partial charge in [-0.1, -0.05) is 0 Å². The van der Waals surface area contributed by atoms with Gasteiger partial charge in [-0.2, -0.15) is 10.5 Å². The highest BCUT2D eigenvalue weighted by Gasteiger charge is 2.22. The molecule has 104 valence electrons. The smallest absolute Gasteiger partial charge is 0.252 e. The van der Waals surface area contributed by atoms with Crippen molar-refractivity contribution in [3.05, 3.63) is 41.1 Å². The van der Waals surface area contributed by atoms with E-state index in [0.717, 1.165) is 0 Å². The van der Waals surface area contributed by atoms with E-state index in [4.69, 9.17) is 5.26 Å². The number of nitrogens with zero attached hydrogens (tertiary/aromatic N) is 4. The molecule has 1 amide bonds. The summed E-state index contributed by atoms with van der Waals surface area (Å²) in [5.74, 6) is -0.748. The third-order valence-corrected chi connectivity index (χ3v) is 2.96. The van der Waals surface area contributed by atoms with Gasteiger partial charge in [0.2, 0.25) is 5.82 Å². The van der Waals surface area contributed by atoms with Gasteiger partial charge < -0.3 is 10.6 Å². The number of amides is 1. The van der Waals surface area contributed by atoms with Crippen LogP contribution in [0.25, 0.3) is 5.57 Å². The molecule has 1 aliphatic heterocycles. The molecular weight excluding hydrogens is 277 g/mol. The first-order chi connectivity index (χ1) is 10.2. The monoisotopic (exact) mass is 285 g/mol. The number of benzene rings is 1. The summed E-state index contributed by atoms with van der Waals surface area (Å²) >= 11 is 0. The lowest BCUT2D eigenvalue weighted by molar-refractivity contribution is 0.0965. The van der Waals surface area contributed by atoms with Crippen molar-refractivity contribution in [2.24, 2.45) is 0 Å². The predicted octanol–water partition coefficient (Wildman–Crippen LogP) is 0.559. The molecule has 0 aliphatic carbocycles. The maximum atomic E-state index is 13.5. The van der Waals surface area contributed by atoms with Gasteiger partial charge in [0.1, 0.15) is 17.5 Å². The second-order valence-electron chi connectivity index (χ2n) is 4.21. The number of rotatable bonds is 3. The zero-order valence-electron chi connectivity index (χ0n) is 10.5. The third-order valence-electron chi connectivity index (χ3n) is 2.96. The highest BCUT2D eigenvalue weighted by molar-refractivity contribution is 6.00. The van der Waals surface area contributed by atoms with E-state index in [0.29, 0.717) is 17.8 Å². The number of fused-ring (bicyclic) bond motifs is 1. The SMILES string of the molecule is N#CC(=CNc1cc(F)cc2c1CNC2=O)c1nn[nH]n1. The zero-order chi connectivity index (χ0) is 14.8. The number of nitriles is 1. The van der Waals surface area contributed by atoms with Crippen molar-refractivity contribution in [2.45, 2.75) is 6.54 Å². The Balaban J connectivity index is 1.95. The molecule has 3 rings (SSSR count). The minimum absolute atomic E-state index is 0.118. The Hall–Kier alpha value is -3.28. The largest absolute Gasteiger partial charge is 0.360 e. The van der Waals surface area contributed by atoms with Crippen LogP contribution in [0.2, 0.25) is 0 Å². The maximum Gasteiger partial charge on any atom is 0.252 e. The van der Waals surface area contributed by atoms with Gasteiger partial charge in [-0.15, -0.1) is 10.2 Å². The molecule has 3 N–H and O–H groups in total. The number of halogens is 1. The van der Waals surface area contributed by atoms with Gasteiger partial charge in [0.15, 0.2) is 0 Å². The number of carbonyl (C=O) groups excluding carboxylic acids is 1. The molecule has 0 spiro atoms. The van der Waals surface area contributed by atoms with Crippen LogP contribution in [0.15, 0.2) is 18.3 Å². The van der Waals surface area contributed by atoms with E-state index in [1.807, 2.05) is 6.07 Å². The van der Waals surface area contributed by atoms with E-state index in [9.17, 15) is 9.18 Å². The first kappa shape index (κ1) is 12.7. The lowest BCUT2D eigenvalue weighted by Crippen LogP contribution is -2.12. The van der Waals surface area contributed by atoms with E-state index in [-0.39, 0.29) is 22.9 Å². The van der Waals surface area contributed by atoms with Gasteiger partial charge in [-0.05, 0) is 17.3 Å². The summed E-state index contributed by atoms with van der Waals surface area (Å²) in [4.78, 5) is 11.5. The Morgan fingerprint density at radius 3 is 3.10 bits per heavy atom. The van der Waals surface area contributed by atoms with Crippen LogP contribution in [0, 0.1) is 17.1 Å². The summed E-state index contributed by atoms with van der Waals surface area (Å²) in [5, 5.41) is 27.4. The molecule has 1 aromatic carbocycles. The van der Waals surface area contributed by atoms with Gasteiger partial charge in [0, 0.05) is 29.6 Å². The Kier molecular flexibility index (Phi) is 3.04. The summed E-state index contributed by atoms with van der Waals surface area (Å²) in [6.45, 7) is 0.300. The van der Waals surface area contributed by atoms with Crippen molar-refractivity contribution in [1.82, 2.24) is 25.9 Å². The number of hydrogen-bond donors (Lipinski definition) is 3. The van der Waals surface area contributed by atoms with Crippen molar-refractivity contribution in [3.63, 3.8) is 0 Å². The topological polar surface area (TPSA) is 119 Å². The standard InChI is InChI=1S/C12H8FN7O/c13-7-1-8-9(5-16-12(8)21)10(2-7)15-4-6(3-14)11-17-19-20-18-11/h1-2,4,15H,5H2,(H,16,21)(H,17,18,19,20). The third kappa shape index (κ3) is 2.30. The van der Waals surface area contributed by atoms with Gasteiger partial charge in [-0.25, -0.2) is 4.39 Å². The summed E-state index contributed by atoms with van der Waals surface area (Å²) in [6, 6.07) is 4.33. The number of nitrogens with one attached hydrogen (secondary N) is 3. The van der Waals surface area contributed by atoms with E-state index >= 15 is 0 Å². The quantitative estimate of drug-likeness (QED) is 0.709. The minimum Gasteiger partial charge on any atom is -0.360 e. The Bertz CT molecular complexity index is 776. The molecule has 1 aliphatic rings. The first-order valence-corrected chi connectivity index (χ1v) is 5.90. The zero-order valence-corrected chi connectivity index (χ0v) is 10.5. The molecule has 0 radical (unpaired) electrons. The van der Waals surface area contributed by atoms with Crippen LogP contribution in [0.1, 0.15) is 21.7 Å². The fourth-order valence-corrected chi connectivity index (χ4v) is 2.00.